The molecule has 6 heteroatoms. The van der Waals surface area contributed by atoms with Gasteiger partial charge in [0, 0.05) is 48.0 Å². The lowest BCUT2D eigenvalue weighted by atomic mass is 9.97. The van der Waals surface area contributed by atoms with Gasteiger partial charge in [0.05, 0.1) is 11.3 Å². The molecule has 0 fully saturated rings. The van der Waals surface area contributed by atoms with Crippen molar-refractivity contribution < 1.29 is 9.53 Å². The molecule has 6 nitrogen and oxygen atoms in total. The summed E-state index contributed by atoms with van der Waals surface area (Å²) in [6, 6.07) is 17.4. The Balaban J connectivity index is 0.000000479. The molecule has 196 valence electrons. The highest BCUT2D eigenvalue weighted by Crippen LogP contribution is 2.37. The van der Waals surface area contributed by atoms with Crippen LogP contribution in [0.2, 0.25) is 0 Å². The molecule has 2 aromatic heterocycles. The van der Waals surface area contributed by atoms with Crippen molar-refractivity contribution in [2.45, 2.75) is 53.4 Å². The molecule has 2 aromatic carbocycles. The molecule has 4 aromatic rings. The van der Waals surface area contributed by atoms with Crippen LogP contribution in [0.4, 0.5) is 0 Å². The van der Waals surface area contributed by atoms with Gasteiger partial charge in [-0.25, -0.2) is 0 Å². The number of H-pyrrole nitrogens is 2. The van der Waals surface area contributed by atoms with Crippen LogP contribution in [0.15, 0.2) is 65.6 Å². The molecule has 4 rings (SSSR count). The van der Waals surface area contributed by atoms with E-state index in [1.807, 2.05) is 43.3 Å². The van der Waals surface area contributed by atoms with Gasteiger partial charge in [-0.1, -0.05) is 57.0 Å². The quantitative estimate of drug-likeness (QED) is 0.208. The minimum Gasteiger partial charge on any atom is -0.381 e. The van der Waals surface area contributed by atoms with Crippen LogP contribution in [-0.4, -0.2) is 35.6 Å². The lowest BCUT2D eigenvalue weighted by Crippen LogP contribution is -2.24. The number of amides is 1. The van der Waals surface area contributed by atoms with E-state index in [4.69, 9.17) is 4.74 Å². The molecule has 0 saturated heterocycles. The Labute approximate surface area is 219 Å². The van der Waals surface area contributed by atoms with Gasteiger partial charge in [0.25, 0.3) is 11.5 Å². The highest BCUT2D eigenvalue weighted by Gasteiger charge is 2.18. The lowest BCUT2D eigenvalue weighted by Gasteiger charge is -2.07. The first-order valence-corrected chi connectivity index (χ1v) is 13.3. The SMILES string of the molecule is CCCCNC(=O)c1ccc2[nH]c(-c3ccc[nH]c3=O)c(-c3ccc(C)cc3)c2c1.CCCOCCC. The Bertz CT molecular complexity index is 1330. The van der Waals surface area contributed by atoms with Gasteiger partial charge in [-0.15, -0.1) is 0 Å². The predicted molar refractivity (Wildman–Crippen MR) is 153 cm³/mol. The first-order chi connectivity index (χ1) is 18.0. The Kier molecular flexibility index (Phi) is 10.7. The fraction of sp³-hybridized carbons (Fsp3) is 0.355. The predicted octanol–water partition coefficient (Wildman–Crippen LogP) is 6.85. The monoisotopic (exact) mass is 501 g/mol. The molecule has 0 saturated carbocycles. The molecule has 0 aliphatic heterocycles. The van der Waals surface area contributed by atoms with Crippen LogP contribution in [0.1, 0.15) is 62.4 Å². The van der Waals surface area contributed by atoms with E-state index in [1.165, 1.54) is 0 Å². The second kappa shape index (κ2) is 14.2. The number of unbranched alkanes of at least 4 members (excludes halogenated alkanes) is 1. The van der Waals surface area contributed by atoms with E-state index in [9.17, 15) is 9.59 Å². The van der Waals surface area contributed by atoms with E-state index in [2.05, 4.69) is 48.2 Å². The Morgan fingerprint density at radius 3 is 2.32 bits per heavy atom. The number of aromatic nitrogens is 2. The molecule has 2 heterocycles. The molecule has 0 aliphatic rings. The van der Waals surface area contributed by atoms with Crippen LogP contribution in [0.3, 0.4) is 0 Å². The highest BCUT2D eigenvalue weighted by atomic mass is 16.5. The maximum Gasteiger partial charge on any atom is 0.257 e. The summed E-state index contributed by atoms with van der Waals surface area (Å²) in [5.41, 5.74) is 5.73. The molecule has 0 bridgehead atoms. The zero-order valence-corrected chi connectivity index (χ0v) is 22.4. The van der Waals surface area contributed by atoms with Crippen LogP contribution in [0, 0.1) is 6.92 Å². The molecule has 0 aliphatic carbocycles. The van der Waals surface area contributed by atoms with E-state index in [0.717, 1.165) is 72.2 Å². The summed E-state index contributed by atoms with van der Waals surface area (Å²) in [6.07, 6.45) is 5.89. The van der Waals surface area contributed by atoms with Gasteiger partial charge in [0.1, 0.15) is 0 Å². The summed E-state index contributed by atoms with van der Waals surface area (Å²) in [4.78, 5) is 31.3. The Morgan fingerprint density at radius 2 is 1.68 bits per heavy atom. The number of benzene rings is 2. The van der Waals surface area contributed by atoms with Crippen LogP contribution in [0.25, 0.3) is 33.3 Å². The van der Waals surface area contributed by atoms with Crippen molar-refractivity contribution in [3.63, 3.8) is 0 Å². The van der Waals surface area contributed by atoms with Gasteiger partial charge in [0.2, 0.25) is 0 Å². The Morgan fingerprint density at radius 1 is 0.946 bits per heavy atom. The van der Waals surface area contributed by atoms with Gasteiger partial charge < -0.3 is 20.0 Å². The number of carbonyl (C=O) groups is 1. The first kappa shape index (κ1) is 27.9. The lowest BCUT2D eigenvalue weighted by molar-refractivity contribution is 0.0953. The minimum absolute atomic E-state index is 0.0829. The maximum absolute atomic E-state index is 12.6. The zero-order valence-electron chi connectivity index (χ0n) is 22.4. The Hall–Kier alpha value is -3.64. The number of rotatable bonds is 10. The number of nitrogens with one attached hydrogen (secondary N) is 3. The third kappa shape index (κ3) is 7.43. The third-order valence-electron chi connectivity index (χ3n) is 6.00. The fourth-order valence-corrected chi connectivity index (χ4v) is 4.05. The van der Waals surface area contributed by atoms with Crippen molar-refractivity contribution in [2.75, 3.05) is 19.8 Å². The number of ether oxygens (including phenoxy) is 1. The van der Waals surface area contributed by atoms with E-state index >= 15 is 0 Å². The topological polar surface area (TPSA) is 87.0 Å². The molecule has 1 amide bonds. The summed E-state index contributed by atoms with van der Waals surface area (Å²) in [7, 11) is 0. The number of aryl methyl sites for hydroxylation is 1. The molecule has 0 unspecified atom stereocenters. The van der Waals surface area contributed by atoms with Crippen LogP contribution >= 0.6 is 0 Å². The number of carbonyl (C=O) groups excluding carboxylic acids is 1. The standard InChI is InChI=1S/C25H25N3O2.C6H14O/c1-3-4-13-26-24(29)18-11-12-21-20(15-18)22(17-9-7-16(2)8-10-17)23(28-21)19-6-5-14-27-25(19)30;1-3-5-7-6-4-2/h5-12,14-15,28H,3-4,13H2,1-2H3,(H,26,29)(H,27,30);3-6H2,1-2H3. The van der Waals surface area contributed by atoms with Gasteiger partial charge in [-0.3, -0.25) is 9.59 Å². The number of hydrogen-bond donors (Lipinski definition) is 3. The molecular weight excluding hydrogens is 462 g/mol. The number of fused-ring (bicyclic) bond motifs is 1. The average molecular weight is 502 g/mol. The highest BCUT2D eigenvalue weighted by molar-refractivity contribution is 6.07. The van der Waals surface area contributed by atoms with Gasteiger partial charge >= 0.3 is 0 Å². The van der Waals surface area contributed by atoms with Crippen LogP contribution < -0.4 is 10.9 Å². The summed E-state index contributed by atoms with van der Waals surface area (Å²) in [5, 5.41) is 3.89. The summed E-state index contributed by atoms with van der Waals surface area (Å²) in [5.74, 6) is -0.0829. The van der Waals surface area contributed by atoms with E-state index in [1.54, 1.807) is 12.3 Å². The number of aromatic amines is 2. The molecule has 37 heavy (non-hydrogen) atoms. The minimum atomic E-state index is -0.157. The largest absolute Gasteiger partial charge is 0.381 e. The van der Waals surface area contributed by atoms with Crippen molar-refractivity contribution >= 4 is 16.8 Å². The first-order valence-electron chi connectivity index (χ1n) is 13.3. The van der Waals surface area contributed by atoms with Crippen molar-refractivity contribution in [2.24, 2.45) is 0 Å². The van der Waals surface area contributed by atoms with Crippen LogP contribution in [-0.2, 0) is 4.74 Å². The molecule has 3 N–H and O–H groups in total. The van der Waals surface area contributed by atoms with Crippen LogP contribution in [0.5, 0.6) is 0 Å². The fourth-order valence-electron chi connectivity index (χ4n) is 4.05. The van der Waals surface area contributed by atoms with Crippen molar-refractivity contribution in [1.82, 2.24) is 15.3 Å². The van der Waals surface area contributed by atoms with Crippen molar-refractivity contribution in [3.8, 4) is 22.4 Å². The molecule has 0 atom stereocenters. The summed E-state index contributed by atoms with van der Waals surface area (Å²) < 4.78 is 5.13. The molecular formula is C31H39N3O3. The average Bonchev–Trinajstić information content (AvgIpc) is 3.29. The second-order valence-corrected chi connectivity index (χ2v) is 9.14. The zero-order chi connectivity index (χ0) is 26.6. The van der Waals surface area contributed by atoms with Gasteiger partial charge in [0.15, 0.2) is 0 Å². The maximum atomic E-state index is 12.6. The second-order valence-electron chi connectivity index (χ2n) is 9.14. The van der Waals surface area contributed by atoms with Crippen molar-refractivity contribution in [3.05, 3.63) is 82.3 Å². The van der Waals surface area contributed by atoms with Gasteiger partial charge in [-0.05, 0) is 62.1 Å². The van der Waals surface area contributed by atoms with E-state index < -0.39 is 0 Å². The van der Waals surface area contributed by atoms with Crippen molar-refractivity contribution in [1.29, 1.82) is 0 Å². The summed E-state index contributed by atoms with van der Waals surface area (Å²) >= 11 is 0. The molecule has 0 radical (unpaired) electrons. The number of pyridine rings is 1. The normalized spacial score (nSPS) is 10.7. The smallest absolute Gasteiger partial charge is 0.257 e. The third-order valence-corrected chi connectivity index (χ3v) is 6.00. The molecule has 0 spiro atoms. The number of hydrogen-bond acceptors (Lipinski definition) is 3. The van der Waals surface area contributed by atoms with E-state index in [0.29, 0.717) is 17.7 Å². The van der Waals surface area contributed by atoms with Gasteiger partial charge in [-0.2, -0.15) is 0 Å². The summed E-state index contributed by atoms with van der Waals surface area (Å²) in [6.45, 7) is 10.9. The van der Waals surface area contributed by atoms with E-state index in [-0.39, 0.29) is 11.5 Å².